The zero-order valence-electron chi connectivity index (χ0n) is 39.1. The molecule has 2 spiro atoms. The number of anilines is 3. The zero-order valence-corrected chi connectivity index (χ0v) is 39.9. The van der Waals surface area contributed by atoms with Gasteiger partial charge in [-0.25, -0.2) is 0 Å². The van der Waals surface area contributed by atoms with Gasteiger partial charge in [-0.15, -0.1) is 0 Å². The van der Waals surface area contributed by atoms with Crippen molar-refractivity contribution in [1.29, 1.82) is 0 Å². The van der Waals surface area contributed by atoms with E-state index in [0.717, 1.165) is 74.5 Å². The number of fused-ring (bicyclic) bond motifs is 20. The Morgan fingerprint density at radius 1 is 0.431 bits per heavy atom. The average Bonchev–Trinajstić information content (AvgIpc) is 4.07. The molecule has 0 amide bonds. The Morgan fingerprint density at radius 2 is 1.07 bits per heavy atom. The van der Waals surface area contributed by atoms with Crippen molar-refractivity contribution in [2.24, 2.45) is 0 Å². The van der Waals surface area contributed by atoms with Gasteiger partial charge < -0.3 is 14.1 Å². The maximum absolute atomic E-state index is 6.97. The standard InChI is InChI=1S/C68H43NO2S/c1-6-24-51-46(19-1)47-20-2-7-25-52(47)67(51)55-28-10-13-32-61(55)71-62-37-36-45(41-57(62)67)69(59-30-16-33-63-66(59)50-23-5-12-31-60(50)70-63)44-18-15-17-42(39-44)43-35-38-65-58(40-43)68(56-29-11-14-34-64(56)72-65)53-26-8-3-21-48(53)49-22-4-9-27-54(49)68/h1-6,8-24,26-41H,7,25H2. The summed E-state index contributed by atoms with van der Waals surface area (Å²) in [6, 6.07) is 83.0. The predicted octanol–water partition coefficient (Wildman–Crippen LogP) is 18.1. The predicted molar refractivity (Wildman–Crippen MR) is 293 cm³/mol. The van der Waals surface area contributed by atoms with E-state index in [0.29, 0.717) is 0 Å². The Kier molecular flexibility index (Phi) is 8.36. The average molecular weight is 938 g/mol. The molecule has 1 atom stereocenters. The van der Waals surface area contributed by atoms with Crippen LogP contribution in [0, 0.1) is 0 Å². The van der Waals surface area contributed by atoms with Crippen molar-refractivity contribution < 1.29 is 9.15 Å². The lowest BCUT2D eigenvalue weighted by atomic mass is 9.64. The molecule has 3 nitrogen and oxygen atoms in total. The normalized spacial score (nSPS) is 16.9. The zero-order chi connectivity index (χ0) is 47.1. The number of nitrogens with zero attached hydrogens (tertiary/aromatic N) is 1. The summed E-state index contributed by atoms with van der Waals surface area (Å²) < 4.78 is 13.6. The topological polar surface area (TPSA) is 25.6 Å². The highest BCUT2D eigenvalue weighted by Gasteiger charge is 2.53. The molecule has 72 heavy (non-hydrogen) atoms. The van der Waals surface area contributed by atoms with Crippen molar-refractivity contribution in [3.8, 4) is 33.8 Å². The quantitative estimate of drug-likeness (QED) is 0.176. The van der Waals surface area contributed by atoms with Crippen LogP contribution in [-0.4, -0.2) is 0 Å². The second-order valence-corrected chi connectivity index (χ2v) is 20.8. The molecule has 0 saturated heterocycles. The molecule has 1 unspecified atom stereocenters. The fourth-order valence-electron chi connectivity index (χ4n) is 13.5. The van der Waals surface area contributed by atoms with Crippen LogP contribution in [0.2, 0.25) is 0 Å². The van der Waals surface area contributed by atoms with Crippen LogP contribution in [0.5, 0.6) is 11.5 Å². The first-order valence-electron chi connectivity index (χ1n) is 25.0. The minimum atomic E-state index is -0.536. The molecule has 0 fully saturated rings. The molecule has 4 heteroatoms. The van der Waals surface area contributed by atoms with Crippen LogP contribution in [0.4, 0.5) is 17.1 Å². The Morgan fingerprint density at radius 3 is 1.92 bits per heavy atom. The molecule has 0 bridgehead atoms. The lowest BCUT2D eigenvalue weighted by molar-refractivity contribution is 0.432. The Hall–Kier alpha value is -8.57. The number of rotatable bonds is 4. The molecule has 0 saturated carbocycles. The van der Waals surface area contributed by atoms with Crippen LogP contribution >= 0.6 is 11.8 Å². The maximum Gasteiger partial charge on any atom is 0.137 e. The van der Waals surface area contributed by atoms with Crippen LogP contribution in [0.25, 0.3) is 49.8 Å². The van der Waals surface area contributed by atoms with E-state index in [2.05, 4.69) is 242 Å². The van der Waals surface area contributed by atoms with Crippen molar-refractivity contribution >= 4 is 56.3 Å². The fourth-order valence-corrected chi connectivity index (χ4v) is 14.7. The molecular formula is C68H43NO2S. The minimum absolute atomic E-state index is 0.468. The molecule has 16 rings (SSSR count). The van der Waals surface area contributed by atoms with E-state index in [1.54, 1.807) is 0 Å². The third-order valence-electron chi connectivity index (χ3n) is 16.3. The van der Waals surface area contributed by atoms with Gasteiger partial charge in [0.25, 0.3) is 0 Å². The molecule has 1 aromatic heterocycles. The molecule has 11 aromatic rings. The Bertz CT molecular complexity index is 4170. The number of allylic oxidation sites excluding steroid dienone is 4. The summed E-state index contributed by atoms with van der Waals surface area (Å²) in [7, 11) is 0. The van der Waals surface area contributed by atoms with E-state index in [-0.39, 0.29) is 0 Å². The molecule has 10 aromatic carbocycles. The number of para-hydroxylation sites is 2. The highest BCUT2D eigenvalue weighted by molar-refractivity contribution is 7.99. The van der Waals surface area contributed by atoms with Gasteiger partial charge in [0.2, 0.25) is 0 Å². The van der Waals surface area contributed by atoms with Gasteiger partial charge in [-0.3, -0.25) is 0 Å². The van der Waals surface area contributed by atoms with Crippen LogP contribution in [-0.2, 0) is 10.8 Å². The van der Waals surface area contributed by atoms with Gasteiger partial charge in [0.15, 0.2) is 0 Å². The highest BCUT2D eigenvalue weighted by atomic mass is 32.2. The smallest absolute Gasteiger partial charge is 0.137 e. The van der Waals surface area contributed by atoms with Crippen molar-refractivity contribution in [3.05, 3.63) is 287 Å². The summed E-state index contributed by atoms with van der Waals surface area (Å²) in [5.41, 5.74) is 21.9. The van der Waals surface area contributed by atoms with E-state index in [1.807, 2.05) is 11.8 Å². The molecule has 3 heterocycles. The van der Waals surface area contributed by atoms with Gasteiger partial charge in [0.05, 0.1) is 21.9 Å². The first-order valence-corrected chi connectivity index (χ1v) is 25.9. The summed E-state index contributed by atoms with van der Waals surface area (Å²) in [6.45, 7) is 0. The Balaban J connectivity index is 0.929. The first kappa shape index (κ1) is 40.2. The van der Waals surface area contributed by atoms with Gasteiger partial charge in [-0.1, -0.05) is 176 Å². The van der Waals surface area contributed by atoms with E-state index in [4.69, 9.17) is 9.15 Å². The molecule has 0 N–H and O–H groups in total. The lowest BCUT2D eigenvalue weighted by Crippen LogP contribution is -2.33. The maximum atomic E-state index is 6.97. The second kappa shape index (κ2) is 15.0. The largest absolute Gasteiger partial charge is 0.457 e. The summed E-state index contributed by atoms with van der Waals surface area (Å²) in [5, 5.41) is 2.16. The summed E-state index contributed by atoms with van der Waals surface area (Å²) >= 11 is 1.89. The van der Waals surface area contributed by atoms with Crippen LogP contribution in [0.1, 0.15) is 57.3 Å². The third-order valence-corrected chi connectivity index (χ3v) is 17.4. The second-order valence-electron chi connectivity index (χ2n) is 19.7. The van der Waals surface area contributed by atoms with Crippen LogP contribution < -0.4 is 9.64 Å². The molecule has 5 aliphatic rings. The lowest BCUT2D eigenvalue weighted by Gasteiger charge is -2.42. The Labute approximate surface area is 422 Å². The fraction of sp³-hybridized carbons (Fsp3) is 0.0588. The number of furan rings is 1. The molecule has 0 radical (unpaired) electrons. The van der Waals surface area contributed by atoms with Crippen molar-refractivity contribution in [1.82, 2.24) is 0 Å². The third kappa shape index (κ3) is 5.26. The van der Waals surface area contributed by atoms with Gasteiger partial charge in [-0.2, -0.15) is 0 Å². The molecule has 3 aliphatic carbocycles. The monoisotopic (exact) mass is 937 g/mol. The number of benzene rings is 10. The van der Waals surface area contributed by atoms with Gasteiger partial charge in [-0.05, 0) is 152 Å². The van der Waals surface area contributed by atoms with Crippen LogP contribution in [0.15, 0.2) is 256 Å². The number of hydrogen-bond acceptors (Lipinski definition) is 4. The minimum Gasteiger partial charge on any atom is -0.457 e. The van der Waals surface area contributed by atoms with Gasteiger partial charge in [0, 0.05) is 37.7 Å². The summed E-state index contributed by atoms with van der Waals surface area (Å²) in [6.07, 6.45) is 6.66. The van der Waals surface area contributed by atoms with Crippen molar-refractivity contribution in [2.75, 3.05) is 4.90 Å². The summed E-state index contributed by atoms with van der Waals surface area (Å²) in [5.74, 6) is 1.79. The number of ether oxygens (including phenoxy) is 1. The van der Waals surface area contributed by atoms with E-state index in [1.165, 1.54) is 76.6 Å². The molecule has 2 aliphatic heterocycles. The van der Waals surface area contributed by atoms with Gasteiger partial charge >= 0.3 is 0 Å². The van der Waals surface area contributed by atoms with Crippen molar-refractivity contribution in [2.45, 2.75) is 33.5 Å². The molecular weight excluding hydrogens is 895 g/mol. The van der Waals surface area contributed by atoms with E-state index in [9.17, 15) is 0 Å². The van der Waals surface area contributed by atoms with E-state index >= 15 is 0 Å². The highest BCUT2D eigenvalue weighted by Crippen LogP contribution is 2.65. The number of hydrogen-bond donors (Lipinski definition) is 0. The van der Waals surface area contributed by atoms with Crippen molar-refractivity contribution in [3.63, 3.8) is 0 Å². The van der Waals surface area contributed by atoms with Gasteiger partial charge in [0.1, 0.15) is 22.7 Å². The van der Waals surface area contributed by atoms with Crippen LogP contribution in [0.3, 0.4) is 0 Å². The molecule has 338 valence electrons. The SMILES string of the molecule is C1=CC2=C(CC1)C1(c3ccccc3Oc3ccc(N(c4cccc(-c5ccc6c(c5)C5(c7ccccc7S6)c6ccccc6-c6ccccc65)c4)c4cccc5oc6ccccc6c45)cc31)c1ccccc12. The first-order chi connectivity index (χ1) is 35.7. The summed E-state index contributed by atoms with van der Waals surface area (Å²) in [4.78, 5) is 5.04. The van der Waals surface area contributed by atoms with E-state index < -0.39 is 10.8 Å².